The molecule has 1 N–H and O–H groups in total. The number of rotatable bonds is 8. The number of likely N-dealkylation sites (N-methyl/N-ethyl adjacent to an activating group) is 1. The normalized spacial score (nSPS) is 15.6. The molecule has 2 aromatic carbocycles. The molecule has 0 unspecified atom stereocenters. The molecule has 0 saturated carbocycles. The number of benzene rings is 2. The van der Waals surface area contributed by atoms with Crippen molar-refractivity contribution >= 4 is 17.5 Å². The van der Waals surface area contributed by atoms with Gasteiger partial charge in [0.1, 0.15) is 18.1 Å². The summed E-state index contributed by atoms with van der Waals surface area (Å²) in [5.41, 5.74) is 1.11. The fourth-order valence-electron chi connectivity index (χ4n) is 3.07. The zero-order chi connectivity index (χ0) is 20.6. The molecule has 1 fully saturated rings. The molecule has 1 aliphatic heterocycles. The van der Waals surface area contributed by atoms with Gasteiger partial charge >= 0.3 is 0 Å². The highest BCUT2D eigenvalue weighted by Gasteiger charge is 2.17. The molecule has 2 aromatic rings. The predicted octanol–water partition coefficient (Wildman–Crippen LogP) is 2.96. The average Bonchev–Trinajstić information content (AvgIpc) is 3.26. The maximum Gasteiger partial charge on any atom is 0.254 e. The fourth-order valence-corrected chi connectivity index (χ4v) is 3.07. The van der Waals surface area contributed by atoms with Crippen LogP contribution in [0.1, 0.15) is 23.2 Å². The van der Waals surface area contributed by atoms with E-state index < -0.39 is 0 Å². The van der Waals surface area contributed by atoms with E-state index in [1.165, 1.54) is 4.90 Å². The smallest absolute Gasteiger partial charge is 0.254 e. The lowest BCUT2D eigenvalue weighted by Crippen LogP contribution is -2.34. The van der Waals surface area contributed by atoms with E-state index in [9.17, 15) is 9.59 Å². The van der Waals surface area contributed by atoms with Gasteiger partial charge in [0.2, 0.25) is 5.91 Å². The Bertz CT molecular complexity index is 831. The van der Waals surface area contributed by atoms with E-state index in [-0.39, 0.29) is 24.5 Å². The summed E-state index contributed by atoms with van der Waals surface area (Å²) in [4.78, 5) is 26.2. The molecule has 1 saturated heterocycles. The van der Waals surface area contributed by atoms with Crippen LogP contribution in [-0.2, 0) is 9.53 Å². The standard InChI is InChI=1S/C22H26N2O5/c1-24(14-21(25)23-17-5-3-6-19(13-17)27-2)22(26)16-8-10-18(11-9-16)29-15-20-7-4-12-28-20/h3,5-6,8-11,13,20H,4,7,12,14-15H2,1-2H3,(H,23,25)/t20-/m0/s1. The van der Waals surface area contributed by atoms with Crippen molar-refractivity contribution in [3.63, 3.8) is 0 Å². The molecule has 0 spiro atoms. The molecule has 2 amide bonds. The molecule has 0 radical (unpaired) electrons. The van der Waals surface area contributed by atoms with E-state index in [4.69, 9.17) is 14.2 Å². The van der Waals surface area contributed by atoms with Crippen molar-refractivity contribution in [2.75, 3.05) is 39.2 Å². The Balaban J connectivity index is 1.50. The van der Waals surface area contributed by atoms with Gasteiger partial charge in [-0.1, -0.05) is 6.07 Å². The van der Waals surface area contributed by atoms with Crippen LogP contribution in [0, 0.1) is 0 Å². The predicted molar refractivity (Wildman–Crippen MR) is 109 cm³/mol. The highest BCUT2D eigenvalue weighted by atomic mass is 16.5. The highest BCUT2D eigenvalue weighted by molar-refractivity contribution is 5.99. The summed E-state index contributed by atoms with van der Waals surface area (Å²) in [5.74, 6) is 0.812. The van der Waals surface area contributed by atoms with Crippen molar-refractivity contribution < 1.29 is 23.8 Å². The first kappa shape index (κ1) is 20.7. The lowest BCUT2D eigenvalue weighted by atomic mass is 10.2. The molecule has 1 heterocycles. The Labute approximate surface area is 170 Å². The Kier molecular flexibility index (Phi) is 7.08. The molecule has 0 aliphatic carbocycles. The van der Waals surface area contributed by atoms with E-state index in [2.05, 4.69) is 5.32 Å². The van der Waals surface area contributed by atoms with Gasteiger partial charge in [-0.3, -0.25) is 9.59 Å². The summed E-state index contributed by atoms with van der Waals surface area (Å²) >= 11 is 0. The van der Waals surface area contributed by atoms with Gasteiger partial charge < -0.3 is 24.4 Å². The summed E-state index contributed by atoms with van der Waals surface area (Å²) in [6.45, 7) is 1.24. The van der Waals surface area contributed by atoms with Crippen LogP contribution in [0.2, 0.25) is 0 Å². The zero-order valence-corrected chi connectivity index (χ0v) is 16.7. The summed E-state index contributed by atoms with van der Waals surface area (Å²) in [6, 6.07) is 14.0. The Morgan fingerprint density at radius 1 is 1.17 bits per heavy atom. The highest BCUT2D eigenvalue weighted by Crippen LogP contribution is 2.18. The van der Waals surface area contributed by atoms with Crippen molar-refractivity contribution in [2.24, 2.45) is 0 Å². The summed E-state index contributed by atoms with van der Waals surface area (Å²) < 4.78 is 16.4. The van der Waals surface area contributed by atoms with Crippen LogP contribution in [0.15, 0.2) is 48.5 Å². The second kappa shape index (κ2) is 9.93. The number of ether oxygens (including phenoxy) is 3. The zero-order valence-electron chi connectivity index (χ0n) is 16.7. The average molecular weight is 398 g/mol. The number of hydrogen-bond acceptors (Lipinski definition) is 5. The van der Waals surface area contributed by atoms with Crippen LogP contribution in [-0.4, -0.2) is 56.7 Å². The van der Waals surface area contributed by atoms with Crippen LogP contribution in [0.25, 0.3) is 0 Å². The van der Waals surface area contributed by atoms with Crippen LogP contribution in [0.4, 0.5) is 5.69 Å². The Hall–Kier alpha value is -3.06. The van der Waals surface area contributed by atoms with E-state index >= 15 is 0 Å². The van der Waals surface area contributed by atoms with Crippen LogP contribution in [0.5, 0.6) is 11.5 Å². The van der Waals surface area contributed by atoms with Crippen LogP contribution in [0.3, 0.4) is 0 Å². The molecule has 29 heavy (non-hydrogen) atoms. The van der Waals surface area contributed by atoms with Crippen LogP contribution < -0.4 is 14.8 Å². The van der Waals surface area contributed by atoms with Gasteiger partial charge in [-0.15, -0.1) is 0 Å². The SMILES string of the molecule is COc1cccc(NC(=O)CN(C)C(=O)c2ccc(OC[C@@H]3CCCO3)cc2)c1. The third-order valence-corrected chi connectivity index (χ3v) is 4.64. The van der Waals surface area contributed by atoms with E-state index in [0.29, 0.717) is 29.4 Å². The topological polar surface area (TPSA) is 77.1 Å². The molecular formula is C22H26N2O5. The minimum absolute atomic E-state index is 0.0622. The van der Waals surface area contributed by atoms with Crippen molar-refractivity contribution in [1.82, 2.24) is 4.90 Å². The van der Waals surface area contributed by atoms with Crippen molar-refractivity contribution in [1.29, 1.82) is 0 Å². The molecule has 7 heteroatoms. The first-order chi connectivity index (χ1) is 14.0. The molecule has 1 aliphatic rings. The maximum absolute atomic E-state index is 12.6. The lowest BCUT2D eigenvalue weighted by molar-refractivity contribution is -0.116. The number of carbonyl (C=O) groups is 2. The second-order valence-electron chi connectivity index (χ2n) is 6.91. The Morgan fingerprint density at radius 2 is 1.97 bits per heavy atom. The molecule has 7 nitrogen and oxygen atoms in total. The minimum Gasteiger partial charge on any atom is -0.497 e. The van der Waals surface area contributed by atoms with Gasteiger partial charge in [-0.25, -0.2) is 0 Å². The van der Waals surface area contributed by atoms with Crippen LogP contribution >= 0.6 is 0 Å². The number of methoxy groups -OCH3 is 1. The van der Waals surface area contributed by atoms with Gasteiger partial charge in [-0.2, -0.15) is 0 Å². The van der Waals surface area contributed by atoms with Gasteiger partial charge in [0.15, 0.2) is 0 Å². The van der Waals surface area contributed by atoms with Gasteiger partial charge in [0, 0.05) is 31.0 Å². The number of amides is 2. The molecule has 1 atom stereocenters. The van der Waals surface area contributed by atoms with E-state index in [1.807, 2.05) is 0 Å². The Morgan fingerprint density at radius 3 is 2.66 bits per heavy atom. The number of nitrogens with one attached hydrogen (secondary N) is 1. The summed E-state index contributed by atoms with van der Waals surface area (Å²) in [5, 5.41) is 2.76. The van der Waals surface area contributed by atoms with Gasteiger partial charge in [-0.05, 0) is 49.2 Å². The number of carbonyl (C=O) groups excluding carboxylic acids is 2. The monoisotopic (exact) mass is 398 g/mol. The largest absolute Gasteiger partial charge is 0.497 e. The molecule has 3 rings (SSSR count). The minimum atomic E-state index is -0.286. The first-order valence-electron chi connectivity index (χ1n) is 9.59. The quantitative estimate of drug-likeness (QED) is 0.740. The van der Waals surface area contributed by atoms with E-state index in [1.54, 1.807) is 62.7 Å². The van der Waals surface area contributed by atoms with Crippen molar-refractivity contribution in [3.8, 4) is 11.5 Å². The molecule has 154 valence electrons. The number of anilines is 1. The molecule has 0 aromatic heterocycles. The lowest BCUT2D eigenvalue weighted by Gasteiger charge is -2.17. The number of hydrogen-bond donors (Lipinski definition) is 1. The number of nitrogens with zero attached hydrogens (tertiary/aromatic N) is 1. The third kappa shape index (κ3) is 5.96. The first-order valence-corrected chi connectivity index (χ1v) is 9.59. The summed E-state index contributed by atoms with van der Waals surface area (Å²) in [6.07, 6.45) is 2.23. The van der Waals surface area contributed by atoms with Gasteiger partial charge in [0.05, 0.1) is 19.8 Å². The fraction of sp³-hybridized carbons (Fsp3) is 0.364. The third-order valence-electron chi connectivity index (χ3n) is 4.64. The summed E-state index contributed by atoms with van der Waals surface area (Å²) in [7, 11) is 3.15. The van der Waals surface area contributed by atoms with Crippen molar-refractivity contribution in [2.45, 2.75) is 18.9 Å². The van der Waals surface area contributed by atoms with E-state index in [0.717, 1.165) is 19.4 Å². The van der Waals surface area contributed by atoms with Crippen molar-refractivity contribution in [3.05, 3.63) is 54.1 Å². The molecule has 0 bridgehead atoms. The second-order valence-corrected chi connectivity index (χ2v) is 6.91. The van der Waals surface area contributed by atoms with Gasteiger partial charge in [0.25, 0.3) is 5.91 Å². The molecular weight excluding hydrogens is 372 g/mol. The maximum atomic E-state index is 12.6.